The largest absolute Gasteiger partial charge is 0.494 e. The fourth-order valence-electron chi connectivity index (χ4n) is 3.07. The summed E-state index contributed by atoms with van der Waals surface area (Å²) in [6.07, 6.45) is 0. The molecule has 0 saturated carbocycles. The van der Waals surface area contributed by atoms with E-state index in [4.69, 9.17) is 0 Å². The summed E-state index contributed by atoms with van der Waals surface area (Å²) in [6, 6.07) is 5.81. The molecule has 1 heterocycles. The van der Waals surface area contributed by atoms with E-state index in [0.29, 0.717) is 0 Å². The van der Waals surface area contributed by atoms with Crippen LogP contribution in [-0.2, 0) is 5.54 Å². The van der Waals surface area contributed by atoms with E-state index < -0.39 is 39.8 Å². The molecule has 0 atom stereocenters. The molecule has 0 unspecified atom stereocenters. The van der Waals surface area contributed by atoms with Gasteiger partial charge in [0, 0.05) is 17.2 Å². The van der Waals surface area contributed by atoms with Gasteiger partial charge in [0.2, 0.25) is 5.88 Å². The zero-order valence-corrected chi connectivity index (χ0v) is 13.0. The van der Waals surface area contributed by atoms with E-state index in [0.717, 1.165) is 0 Å². The number of aromatic hydroxyl groups is 1. The Labute approximate surface area is 135 Å². The normalized spacial score (nSPS) is 15.8. The zero-order valence-electron chi connectivity index (χ0n) is 13.0. The number of hydrogen-bond acceptors (Lipinski definition) is 6. The number of benzene rings is 1. The Morgan fingerprint density at radius 2 is 1.54 bits per heavy atom. The maximum atomic E-state index is 13.0. The lowest BCUT2D eigenvalue weighted by Gasteiger charge is -2.29. The number of hydrogen-bond donors (Lipinski definition) is 4. The average Bonchev–Trinajstić information content (AvgIpc) is 2.69. The summed E-state index contributed by atoms with van der Waals surface area (Å²) in [5.41, 5.74) is -4.22. The second-order valence-electron chi connectivity index (χ2n) is 5.88. The quantitative estimate of drug-likeness (QED) is 0.588. The van der Waals surface area contributed by atoms with Gasteiger partial charge in [-0.3, -0.25) is 29.7 Å². The molecular weight excluding hydrogens is 314 g/mol. The molecule has 0 fully saturated rings. The van der Waals surface area contributed by atoms with Gasteiger partial charge in [0.1, 0.15) is 5.56 Å². The minimum atomic E-state index is -2.08. The van der Waals surface area contributed by atoms with Crippen molar-refractivity contribution in [3.05, 3.63) is 61.8 Å². The second-order valence-corrected chi connectivity index (χ2v) is 5.88. The predicted octanol–water partition coefficient (Wildman–Crippen LogP) is 0.0413. The van der Waals surface area contributed by atoms with E-state index in [1.165, 1.54) is 12.1 Å². The number of fused-ring (bicyclic) bond motifs is 1. The van der Waals surface area contributed by atoms with Gasteiger partial charge < -0.3 is 5.11 Å². The minimum Gasteiger partial charge on any atom is -0.494 e. The fraction of sp³-hybridized carbons (Fsp3) is 0.250. The van der Waals surface area contributed by atoms with Crippen LogP contribution in [0.15, 0.2) is 33.9 Å². The maximum Gasteiger partial charge on any atom is 0.328 e. The van der Waals surface area contributed by atoms with Gasteiger partial charge in [-0.1, -0.05) is 24.3 Å². The summed E-state index contributed by atoms with van der Waals surface area (Å²) in [7, 11) is 0. The van der Waals surface area contributed by atoms with Crippen LogP contribution in [0.1, 0.15) is 40.1 Å². The molecule has 0 radical (unpaired) electrons. The van der Waals surface area contributed by atoms with Gasteiger partial charge in [-0.05, 0) is 13.8 Å². The molecule has 8 heteroatoms. The van der Waals surface area contributed by atoms with Crippen LogP contribution >= 0.6 is 0 Å². The Morgan fingerprint density at radius 3 is 2.00 bits per heavy atom. The van der Waals surface area contributed by atoms with E-state index in [1.54, 1.807) is 26.0 Å². The van der Waals surface area contributed by atoms with Crippen molar-refractivity contribution in [3.63, 3.8) is 0 Å². The number of rotatable bonds is 3. The first-order valence-electron chi connectivity index (χ1n) is 7.31. The molecule has 124 valence electrons. The highest BCUT2D eigenvalue weighted by molar-refractivity contribution is 6.33. The summed E-state index contributed by atoms with van der Waals surface area (Å²) in [4.78, 5) is 53.6. The van der Waals surface area contributed by atoms with Crippen molar-refractivity contribution in [1.82, 2.24) is 15.3 Å². The SMILES string of the molecule is CC(C)NC1(c2c(O)[nH]c(=O)[nH]c2=O)C(=O)c2ccccc2C1=O. The first kappa shape index (κ1) is 15.9. The van der Waals surface area contributed by atoms with E-state index in [9.17, 15) is 24.3 Å². The Morgan fingerprint density at radius 1 is 1.00 bits per heavy atom. The lowest BCUT2D eigenvalue weighted by molar-refractivity contribution is 0.0736. The van der Waals surface area contributed by atoms with Crippen LogP contribution in [0.4, 0.5) is 0 Å². The Bertz CT molecular complexity index is 935. The number of H-pyrrole nitrogens is 2. The van der Waals surface area contributed by atoms with Crippen LogP contribution in [0.25, 0.3) is 0 Å². The molecule has 4 N–H and O–H groups in total. The molecule has 0 spiro atoms. The zero-order chi connectivity index (χ0) is 17.6. The number of aromatic amines is 2. The third-order valence-corrected chi connectivity index (χ3v) is 3.90. The molecule has 1 aromatic heterocycles. The van der Waals surface area contributed by atoms with Crippen LogP contribution in [0.2, 0.25) is 0 Å². The van der Waals surface area contributed by atoms with Crippen molar-refractivity contribution in [2.75, 3.05) is 0 Å². The molecule has 0 aliphatic heterocycles. The third kappa shape index (κ3) is 2.04. The van der Waals surface area contributed by atoms with Gasteiger partial charge >= 0.3 is 5.69 Å². The number of aromatic nitrogens is 2. The van der Waals surface area contributed by atoms with Crippen molar-refractivity contribution < 1.29 is 14.7 Å². The van der Waals surface area contributed by atoms with Crippen molar-refractivity contribution >= 4 is 11.6 Å². The summed E-state index contributed by atoms with van der Waals surface area (Å²) in [6.45, 7) is 3.39. The first-order valence-corrected chi connectivity index (χ1v) is 7.31. The molecular formula is C16H15N3O5. The topological polar surface area (TPSA) is 132 Å². The predicted molar refractivity (Wildman–Crippen MR) is 84.4 cm³/mol. The number of carbonyl (C=O) groups is 2. The fourth-order valence-corrected chi connectivity index (χ4v) is 3.07. The Hall–Kier alpha value is -3.00. The van der Waals surface area contributed by atoms with Crippen molar-refractivity contribution in [2.45, 2.75) is 25.4 Å². The highest BCUT2D eigenvalue weighted by Gasteiger charge is 2.57. The first-order chi connectivity index (χ1) is 11.3. The number of Topliss-reactive ketones (excluding diaryl/α,β-unsaturated/α-hetero) is 2. The molecule has 2 aromatic rings. The van der Waals surface area contributed by atoms with Crippen LogP contribution < -0.4 is 16.6 Å². The highest BCUT2D eigenvalue weighted by atomic mass is 16.3. The Kier molecular flexibility index (Phi) is 3.49. The lowest BCUT2D eigenvalue weighted by atomic mass is 9.85. The van der Waals surface area contributed by atoms with Gasteiger partial charge in [-0.15, -0.1) is 0 Å². The molecule has 1 aliphatic carbocycles. The molecule has 0 amide bonds. The third-order valence-electron chi connectivity index (χ3n) is 3.90. The molecule has 3 rings (SSSR count). The van der Waals surface area contributed by atoms with Gasteiger partial charge in [0.25, 0.3) is 5.56 Å². The van der Waals surface area contributed by atoms with E-state index in [-0.39, 0.29) is 17.2 Å². The van der Waals surface area contributed by atoms with Gasteiger partial charge in [-0.25, -0.2) is 4.79 Å². The number of carbonyl (C=O) groups excluding carboxylic acids is 2. The van der Waals surface area contributed by atoms with Crippen molar-refractivity contribution in [3.8, 4) is 5.88 Å². The molecule has 1 aliphatic rings. The minimum absolute atomic E-state index is 0.153. The maximum absolute atomic E-state index is 13.0. The van der Waals surface area contributed by atoms with Crippen LogP contribution in [-0.4, -0.2) is 32.7 Å². The summed E-state index contributed by atoms with van der Waals surface area (Å²) >= 11 is 0. The van der Waals surface area contributed by atoms with Gasteiger partial charge in [-0.2, -0.15) is 0 Å². The van der Waals surface area contributed by atoms with E-state index in [1.807, 2.05) is 9.97 Å². The number of nitrogens with one attached hydrogen (secondary N) is 3. The summed E-state index contributed by atoms with van der Waals surface area (Å²) in [5.74, 6) is -2.11. The smallest absolute Gasteiger partial charge is 0.328 e. The standard InChI is InChI=1S/C16H15N3O5/c1-7(2)19-16(10-13(22)17-15(24)18-14(10)23)11(20)8-5-3-4-6-9(8)12(16)21/h3-7,19H,1-2H3,(H3,17,18,22,23,24). The van der Waals surface area contributed by atoms with Crippen LogP contribution in [0.5, 0.6) is 5.88 Å². The van der Waals surface area contributed by atoms with Crippen LogP contribution in [0.3, 0.4) is 0 Å². The molecule has 0 bridgehead atoms. The second kappa shape index (κ2) is 5.27. The van der Waals surface area contributed by atoms with Crippen molar-refractivity contribution in [2.24, 2.45) is 0 Å². The highest BCUT2D eigenvalue weighted by Crippen LogP contribution is 2.39. The summed E-state index contributed by atoms with van der Waals surface area (Å²) < 4.78 is 0. The van der Waals surface area contributed by atoms with Crippen molar-refractivity contribution in [1.29, 1.82) is 0 Å². The van der Waals surface area contributed by atoms with Gasteiger partial charge in [0.15, 0.2) is 17.1 Å². The molecule has 0 saturated heterocycles. The molecule has 24 heavy (non-hydrogen) atoms. The lowest BCUT2D eigenvalue weighted by Crippen LogP contribution is -2.57. The van der Waals surface area contributed by atoms with Crippen LogP contribution in [0, 0.1) is 0 Å². The molecule has 1 aromatic carbocycles. The van der Waals surface area contributed by atoms with E-state index in [2.05, 4.69) is 5.32 Å². The average molecular weight is 329 g/mol. The monoisotopic (exact) mass is 329 g/mol. The Balaban J connectivity index is 2.38. The number of ketones is 2. The molecule has 8 nitrogen and oxygen atoms in total. The van der Waals surface area contributed by atoms with E-state index >= 15 is 0 Å². The summed E-state index contributed by atoms with van der Waals surface area (Å²) in [5, 5.41) is 12.9. The van der Waals surface area contributed by atoms with Gasteiger partial charge in [0.05, 0.1) is 0 Å².